The van der Waals surface area contributed by atoms with Gasteiger partial charge in [-0.15, -0.1) is 0 Å². The van der Waals surface area contributed by atoms with E-state index in [-0.39, 0.29) is 11.9 Å². The molecular formula is C16H19NO2. The lowest BCUT2D eigenvalue weighted by molar-refractivity contribution is 0.0726. The first-order valence-electron chi connectivity index (χ1n) is 6.38. The topological polar surface area (TPSA) is 33.5 Å². The van der Waals surface area contributed by atoms with Crippen LogP contribution in [0.15, 0.2) is 41.0 Å². The maximum Gasteiger partial charge on any atom is 0.254 e. The number of amides is 1. The first kappa shape index (κ1) is 13.4. The number of aryl methyl sites for hydroxylation is 2. The van der Waals surface area contributed by atoms with E-state index in [4.69, 9.17) is 4.42 Å². The van der Waals surface area contributed by atoms with Gasteiger partial charge >= 0.3 is 0 Å². The number of benzene rings is 1. The average Bonchev–Trinajstić information content (AvgIpc) is 2.88. The van der Waals surface area contributed by atoms with E-state index < -0.39 is 0 Å². The molecule has 0 spiro atoms. The maximum absolute atomic E-state index is 12.5. The third kappa shape index (κ3) is 2.87. The number of nitrogens with zero attached hydrogens (tertiary/aromatic N) is 1. The molecule has 2 rings (SSSR count). The lowest BCUT2D eigenvalue weighted by Crippen LogP contribution is -2.29. The molecule has 0 radical (unpaired) electrons. The van der Waals surface area contributed by atoms with Crippen molar-refractivity contribution in [3.05, 3.63) is 59.0 Å². The largest absolute Gasteiger partial charge is 0.467 e. The summed E-state index contributed by atoms with van der Waals surface area (Å²) in [6, 6.07) is 9.54. The molecule has 1 atom stereocenters. The Morgan fingerprint density at radius 2 is 1.84 bits per heavy atom. The molecule has 100 valence electrons. The molecule has 1 heterocycles. The van der Waals surface area contributed by atoms with Crippen molar-refractivity contribution in [1.82, 2.24) is 4.90 Å². The highest BCUT2D eigenvalue weighted by Gasteiger charge is 2.20. The summed E-state index contributed by atoms with van der Waals surface area (Å²) in [5.74, 6) is 0.802. The van der Waals surface area contributed by atoms with Crippen molar-refractivity contribution >= 4 is 5.91 Å². The zero-order chi connectivity index (χ0) is 14.0. The van der Waals surface area contributed by atoms with Crippen LogP contribution in [-0.2, 0) is 0 Å². The van der Waals surface area contributed by atoms with Gasteiger partial charge < -0.3 is 9.32 Å². The van der Waals surface area contributed by atoms with Gasteiger partial charge in [-0.3, -0.25) is 4.79 Å². The van der Waals surface area contributed by atoms with Crippen LogP contribution in [0.1, 0.15) is 40.2 Å². The van der Waals surface area contributed by atoms with Crippen LogP contribution >= 0.6 is 0 Å². The number of hydrogen-bond acceptors (Lipinski definition) is 2. The molecule has 1 aromatic carbocycles. The van der Waals surface area contributed by atoms with Crippen molar-refractivity contribution in [2.75, 3.05) is 7.05 Å². The molecule has 1 unspecified atom stereocenters. The first-order chi connectivity index (χ1) is 8.99. The number of carbonyl (C=O) groups is 1. The smallest absolute Gasteiger partial charge is 0.254 e. The minimum Gasteiger partial charge on any atom is -0.467 e. The van der Waals surface area contributed by atoms with Gasteiger partial charge in [-0.25, -0.2) is 0 Å². The summed E-state index contributed by atoms with van der Waals surface area (Å²) >= 11 is 0. The monoisotopic (exact) mass is 257 g/mol. The normalized spacial score (nSPS) is 12.2. The Morgan fingerprint density at radius 3 is 2.37 bits per heavy atom. The molecule has 1 aromatic heterocycles. The Labute approximate surface area is 113 Å². The zero-order valence-electron chi connectivity index (χ0n) is 11.8. The van der Waals surface area contributed by atoms with Crippen molar-refractivity contribution < 1.29 is 9.21 Å². The summed E-state index contributed by atoms with van der Waals surface area (Å²) in [5.41, 5.74) is 2.92. The van der Waals surface area contributed by atoms with Crippen LogP contribution in [0.25, 0.3) is 0 Å². The number of hydrogen-bond donors (Lipinski definition) is 0. The lowest BCUT2D eigenvalue weighted by Gasteiger charge is -2.23. The standard InChI is InChI=1S/C16H19NO2/c1-11-8-12(2)10-14(9-11)16(18)17(4)13(3)15-6-5-7-19-15/h5-10,13H,1-4H3. The van der Waals surface area contributed by atoms with E-state index in [2.05, 4.69) is 6.07 Å². The second-order valence-electron chi connectivity index (χ2n) is 4.98. The molecule has 0 saturated heterocycles. The number of carbonyl (C=O) groups excluding carboxylic acids is 1. The summed E-state index contributed by atoms with van der Waals surface area (Å²) in [4.78, 5) is 14.2. The van der Waals surface area contributed by atoms with Crippen molar-refractivity contribution in [2.24, 2.45) is 0 Å². The number of furan rings is 1. The van der Waals surface area contributed by atoms with E-state index in [1.165, 1.54) is 0 Å². The van der Waals surface area contributed by atoms with Gasteiger partial charge in [-0.05, 0) is 45.0 Å². The van der Waals surface area contributed by atoms with Crippen LogP contribution in [-0.4, -0.2) is 17.9 Å². The van der Waals surface area contributed by atoms with Crippen molar-refractivity contribution in [2.45, 2.75) is 26.8 Å². The predicted octanol–water partition coefficient (Wildman–Crippen LogP) is 3.73. The molecule has 0 saturated carbocycles. The molecule has 19 heavy (non-hydrogen) atoms. The van der Waals surface area contributed by atoms with E-state index in [0.29, 0.717) is 0 Å². The molecule has 0 aliphatic rings. The number of rotatable bonds is 3. The SMILES string of the molecule is Cc1cc(C)cc(C(=O)N(C)C(C)c2ccco2)c1. The van der Waals surface area contributed by atoms with Gasteiger partial charge in [0, 0.05) is 12.6 Å². The first-order valence-corrected chi connectivity index (χ1v) is 6.38. The Kier molecular flexibility index (Phi) is 3.74. The maximum atomic E-state index is 12.5. The van der Waals surface area contributed by atoms with Crippen LogP contribution in [0.2, 0.25) is 0 Å². The van der Waals surface area contributed by atoms with E-state index >= 15 is 0 Å². The summed E-state index contributed by atoms with van der Waals surface area (Å²) in [5, 5.41) is 0. The van der Waals surface area contributed by atoms with Crippen LogP contribution in [0.5, 0.6) is 0 Å². The highest BCUT2D eigenvalue weighted by Crippen LogP contribution is 2.21. The molecule has 1 amide bonds. The van der Waals surface area contributed by atoms with E-state index in [0.717, 1.165) is 22.5 Å². The van der Waals surface area contributed by atoms with Crippen molar-refractivity contribution in [3.63, 3.8) is 0 Å². The van der Waals surface area contributed by atoms with Crippen LogP contribution in [0, 0.1) is 13.8 Å². The summed E-state index contributed by atoms with van der Waals surface area (Å²) in [6.45, 7) is 5.96. The quantitative estimate of drug-likeness (QED) is 0.839. The summed E-state index contributed by atoms with van der Waals surface area (Å²) in [7, 11) is 1.80. The fourth-order valence-electron chi connectivity index (χ4n) is 2.20. The Morgan fingerprint density at radius 1 is 1.21 bits per heavy atom. The Balaban J connectivity index is 2.23. The van der Waals surface area contributed by atoms with Crippen molar-refractivity contribution in [1.29, 1.82) is 0 Å². The van der Waals surface area contributed by atoms with E-state index in [9.17, 15) is 4.79 Å². The van der Waals surface area contributed by atoms with Gasteiger partial charge in [0.2, 0.25) is 0 Å². The van der Waals surface area contributed by atoms with E-state index in [1.807, 2.05) is 45.0 Å². The van der Waals surface area contributed by atoms with Gasteiger partial charge in [0.05, 0.1) is 12.3 Å². The highest BCUT2D eigenvalue weighted by atomic mass is 16.3. The molecule has 3 nitrogen and oxygen atoms in total. The molecule has 0 bridgehead atoms. The third-order valence-corrected chi connectivity index (χ3v) is 3.32. The summed E-state index contributed by atoms with van der Waals surface area (Å²) in [6.07, 6.45) is 1.63. The predicted molar refractivity (Wildman–Crippen MR) is 75.1 cm³/mol. The van der Waals surface area contributed by atoms with Gasteiger partial charge in [-0.2, -0.15) is 0 Å². The fraction of sp³-hybridized carbons (Fsp3) is 0.312. The summed E-state index contributed by atoms with van der Waals surface area (Å²) < 4.78 is 5.36. The Bertz CT molecular complexity index is 552. The lowest BCUT2D eigenvalue weighted by atomic mass is 10.1. The highest BCUT2D eigenvalue weighted by molar-refractivity contribution is 5.94. The van der Waals surface area contributed by atoms with Crippen LogP contribution < -0.4 is 0 Å². The Hall–Kier alpha value is -2.03. The molecule has 3 heteroatoms. The second-order valence-corrected chi connectivity index (χ2v) is 4.98. The van der Waals surface area contributed by atoms with Gasteiger partial charge in [0.25, 0.3) is 5.91 Å². The molecule has 2 aromatic rings. The van der Waals surface area contributed by atoms with Crippen LogP contribution in [0.3, 0.4) is 0 Å². The minimum absolute atomic E-state index is 0.00991. The second kappa shape index (κ2) is 5.31. The van der Waals surface area contributed by atoms with Gasteiger partial charge in [-0.1, -0.05) is 17.2 Å². The minimum atomic E-state index is -0.0803. The molecular weight excluding hydrogens is 238 g/mol. The molecule has 0 N–H and O–H groups in total. The average molecular weight is 257 g/mol. The van der Waals surface area contributed by atoms with Crippen molar-refractivity contribution in [3.8, 4) is 0 Å². The molecule has 0 aliphatic carbocycles. The van der Waals surface area contributed by atoms with Gasteiger partial charge in [0.1, 0.15) is 5.76 Å². The zero-order valence-corrected chi connectivity index (χ0v) is 11.8. The molecule has 0 aliphatic heterocycles. The van der Waals surface area contributed by atoms with E-state index in [1.54, 1.807) is 18.2 Å². The fourth-order valence-corrected chi connectivity index (χ4v) is 2.20. The van der Waals surface area contributed by atoms with Crippen LogP contribution in [0.4, 0.5) is 0 Å². The van der Waals surface area contributed by atoms with Gasteiger partial charge in [0.15, 0.2) is 0 Å². The molecule has 0 fully saturated rings. The third-order valence-electron chi connectivity index (χ3n) is 3.32.